The van der Waals surface area contributed by atoms with Crippen LogP contribution in [0, 0.1) is 0 Å². The van der Waals surface area contributed by atoms with E-state index in [1.807, 2.05) is 37.4 Å². The van der Waals surface area contributed by atoms with Crippen molar-refractivity contribution in [2.24, 2.45) is 0 Å². The van der Waals surface area contributed by atoms with Gasteiger partial charge in [0.2, 0.25) is 5.91 Å². The van der Waals surface area contributed by atoms with Gasteiger partial charge in [-0.3, -0.25) is 14.6 Å². The maximum atomic E-state index is 12.4. The molecule has 0 bridgehead atoms. The van der Waals surface area contributed by atoms with Crippen molar-refractivity contribution >= 4 is 24.0 Å². The van der Waals surface area contributed by atoms with Gasteiger partial charge in [-0.15, -0.1) is 12.4 Å². The Labute approximate surface area is 145 Å². The summed E-state index contributed by atoms with van der Waals surface area (Å²) in [5.41, 5.74) is 0.961. The molecular weight excluding hydrogens is 312 g/mol. The Kier molecular flexibility index (Phi) is 6.84. The van der Waals surface area contributed by atoms with Crippen LogP contribution in [0.4, 0.5) is 5.69 Å². The van der Waals surface area contributed by atoms with E-state index in [2.05, 4.69) is 15.1 Å². The molecule has 0 aliphatic carbocycles. The largest absolute Gasteiger partial charge is 0.315 e. The van der Waals surface area contributed by atoms with Crippen molar-refractivity contribution in [2.75, 3.05) is 57.8 Å². The fourth-order valence-electron chi connectivity index (χ4n) is 3.33. The van der Waals surface area contributed by atoms with Crippen LogP contribution < -0.4 is 10.2 Å². The van der Waals surface area contributed by atoms with Crippen molar-refractivity contribution in [2.45, 2.75) is 12.5 Å². The number of piperazine rings is 1. The maximum absolute atomic E-state index is 12.4. The van der Waals surface area contributed by atoms with Crippen LogP contribution >= 0.6 is 12.4 Å². The molecule has 1 aromatic rings. The molecule has 23 heavy (non-hydrogen) atoms. The predicted molar refractivity (Wildman–Crippen MR) is 96.4 cm³/mol. The molecule has 0 aromatic heterocycles. The topological polar surface area (TPSA) is 38.8 Å². The zero-order chi connectivity index (χ0) is 15.4. The molecule has 1 N–H and O–H groups in total. The quantitative estimate of drug-likeness (QED) is 0.890. The first-order chi connectivity index (χ1) is 10.7. The number of para-hydroxylation sites is 1. The van der Waals surface area contributed by atoms with Gasteiger partial charge in [-0.05, 0) is 25.1 Å². The number of carbonyl (C=O) groups excluding carboxylic acids is 1. The third-order valence-electron chi connectivity index (χ3n) is 4.83. The van der Waals surface area contributed by atoms with Crippen LogP contribution in [0.3, 0.4) is 0 Å². The van der Waals surface area contributed by atoms with E-state index < -0.39 is 0 Å². The number of amides is 1. The number of nitrogens with zero attached hydrogens (tertiary/aromatic N) is 3. The molecular formula is C17H27ClN4O. The van der Waals surface area contributed by atoms with Crippen LogP contribution in [0.2, 0.25) is 0 Å². The molecule has 0 spiro atoms. The summed E-state index contributed by atoms with van der Waals surface area (Å²) in [5, 5.41) is 3.43. The molecule has 5 nitrogen and oxygen atoms in total. The second-order valence-electron chi connectivity index (χ2n) is 6.25. The Morgan fingerprint density at radius 1 is 1.22 bits per heavy atom. The molecule has 6 heteroatoms. The van der Waals surface area contributed by atoms with E-state index in [1.54, 1.807) is 4.90 Å². The van der Waals surface area contributed by atoms with Crippen molar-refractivity contribution < 1.29 is 4.79 Å². The molecule has 2 aliphatic rings. The van der Waals surface area contributed by atoms with E-state index in [9.17, 15) is 4.79 Å². The molecule has 128 valence electrons. The van der Waals surface area contributed by atoms with Crippen molar-refractivity contribution in [3.8, 4) is 0 Å². The summed E-state index contributed by atoms with van der Waals surface area (Å²) in [5.74, 6) is 0.169. The van der Waals surface area contributed by atoms with E-state index in [4.69, 9.17) is 0 Å². The zero-order valence-electron chi connectivity index (χ0n) is 13.8. The van der Waals surface area contributed by atoms with Crippen molar-refractivity contribution in [1.29, 1.82) is 0 Å². The molecule has 0 radical (unpaired) electrons. The Hall–Kier alpha value is -1.14. The summed E-state index contributed by atoms with van der Waals surface area (Å²) >= 11 is 0. The van der Waals surface area contributed by atoms with Crippen LogP contribution in [0.1, 0.15) is 6.42 Å². The lowest BCUT2D eigenvalue weighted by atomic mass is 10.2. The standard InChI is InChI=1S/C17H26N4O.ClH/c1-19(15-5-3-2-4-6-15)17(22)14-20-9-11-21(12-10-20)16-7-8-18-13-16;/h2-6,16,18H,7-14H2,1H3;1H. The highest BCUT2D eigenvalue weighted by atomic mass is 35.5. The number of carbonyl (C=O) groups is 1. The highest BCUT2D eigenvalue weighted by molar-refractivity contribution is 5.94. The van der Waals surface area contributed by atoms with Crippen LogP contribution in [-0.4, -0.2) is 74.6 Å². The van der Waals surface area contributed by atoms with Crippen LogP contribution in [0.5, 0.6) is 0 Å². The number of nitrogens with one attached hydrogen (secondary N) is 1. The van der Waals surface area contributed by atoms with Gasteiger partial charge in [0.25, 0.3) is 0 Å². The lowest BCUT2D eigenvalue weighted by molar-refractivity contribution is -0.119. The summed E-state index contributed by atoms with van der Waals surface area (Å²) in [6.07, 6.45) is 1.26. The predicted octanol–water partition coefficient (Wildman–Crippen LogP) is 1.05. The molecule has 2 fully saturated rings. The Bertz CT molecular complexity index is 485. The number of hydrogen-bond acceptors (Lipinski definition) is 4. The minimum Gasteiger partial charge on any atom is -0.315 e. The molecule has 2 saturated heterocycles. The molecule has 2 heterocycles. The van der Waals surface area contributed by atoms with Gasteiger partial charge in [-0.2, -0.15) is 0 Å². The number of benzene rings is 1. The van der Waals surface area contributed by atoms with E-state index in [-0.39, 0.29) is 18.3 Å². The molecule has 3 rings (SSSR count). The monoisotopic (exact) mass is 338 g/mol. The SMILES string of the molecule is CN(C(=O)CN1CCN(C2CCNC2)CC1)c1ccccc1.Cl. The fourth-order valence-corrected chi connectivity index (χ4v) is 3.33. The van der Waals surface area contributed by atoms with E-state index in [0.29, 0.717) is 12.6 Å². The summed E-state index contributed by atoms with van der Waals surface area (Å²) in [6.45, 7) is 6.92. The molecule has 1 atom stereocenters. The normalized spacial score (nSPS) is 22.6. The molecule has 1 amide bonds. The molecule has 2 aliphatic heterocycles. The van der Waals surface area contributed by atoms with E-state index in [0.717, 1.165) is 45.0 Å². The average molecular weight is 339 g/mol. The maximum Gasteiger partial charge on any atom is 0.240 e. The summed E-state index contributed by atoms with van der Waals surface area (Å²) in [4.78, 5) is 19.0. The zero-order valence-corrected chi connectivity index (χ0v) is 14.6. The van der Waals surface area contributed by atoms with Crippen LogP contribution in [-0.2, 0) is 4.79 Å². The minimum absolute atomic E-state index is 0. The van der Waals surface area contributed by atoms with Crippen LogP contribution in [0.15, 0.2) is 30.3 Å². The first kappa shape index (κ1) is 18.2. The number of likely N-dealkylation sites (N-methyl/N-ethyl adjacent to an activating group) is 1. The van der Waals surface area contributed by atoms with Gasteiger partial charge >= 0.3 is 0 Å². The third kappa shape index (κ3) is 4.67. The second kappa shape index (κ2) is 8.64. The minimum atomic E-state index is 0. The third-order valence-corrected chi connectivity index (χ3v) is 4.83. The highest BCUT2D eigenvalue weighted by Crippen LogP contribution is 2.14. The smallest absolute Gasteiger partial charge is 0.240 e. The van der Waals surface area contributed by atoms with Gasteiger partial charge in [-0.1, -0.05) is 18.2 Å². The van der Waals surface area contributed by atoms with Crippen molar-refractivity contribution in [1.82, 2.24) is 15.1 Å². The van der Waals surface area contributed by atoms with E-state index in [1.165, 1.54) is 6.42 Å². The number of rotatable bonds is 4. The highest BCUT2D eigenvalue weighted by Gasteiger charge is 2.27. The second-order valence-corrected chi connectivity index (χ2v) is 6.25. The molecule has 0 saturated carbocycles. The van der Waals surface area contributed by atoms with Crippen molar-refractivity contribution in [3.63, 3.8) is 0 Å². The summed E-state index contributed by atoms with van der Waals surface area (Å²) in [6, 6.07) is 10.6. The first-order valence-electron chi connectivity index (χ1n) is 8.23. The lowest BCUT2D eigenvalue weighted by Gasteiger charge is -2.37. The Balaban J connectivity index is 0.00000192. The van der Waals surface area contributed by atoms with Gasteiger partial charge < -0.3 is 10.2 Å². The lowest BCUT2D eigenvalue weighted by Crippen LogP contribution is -2.52. The fraction of sp³-hybridized carbons (Fsp3) is 0.588. The van der Waals surface area contributed by atoms with Gasteiger partial charge in [0.05, 0.1) is 6.54 Å². The van der Waals surface area contributed by atoms with Gasteiger partial charge in [-0.25, -0.2) is 0 Å². The molecule has 1 aromatic carbocycles. The van der Waals surface area contributed by atoms with Crippen LogP contribution in [0.25, 0.3) is 0 Å². The van der Waals surface area contributed by atoms with Gasteiger partial charge in [0.15, 0.2) is 0 Å². The average Bonchev–Trinajstić information content (AvgIpc) is 3.10. The summed E-state index contributed by atoms with van der Waals surface area (Å²) in [7, 11) is 1.86. The number of anilines is 1. The Morgan fingerprint density at radius 2 is 1.91 bits per heavy atom. The first-order valence-corrected chi connectivity index (χ1v) is 8.23. The van der Waals surface area contributed by atoms with Gasteiger partial charge in [0.1, 0.15) is 0 Å². The Morgan fingerprint density at radius 3 is 2.52 bits per heavy atom. The summed E-state index contributed by atoms with van der Waals surface area (Å²) < 4.78 is 0. The number of halogens is 1. The number of hydrogen-bond donors (Lipinski definition) is 1. The van der Waals surface area contributed by atoms with Gasteiger partial charge in [0, 0.05) is 51.5 Å². The van der Waals surface area contributed by atoms with Crippen molar-refractivity contribution in [3.05, 3.63) is 30.3 Å². The van der Waals surface area contributed by atoms with E-state index >= 15 is 0 Å². The molecule has 1 unspecified atom stereocenters.